The Balaban J connectivity index is 2.78. The number of carbonyl (C=O) groups excluding carboxylic acids is 1. The predicted octanol–water partition coefficient (Wildman–Crippen LogP) is 1.72. The molecule has 0 bridgehead atoms. The van der Waals surface area contributed by atoms with Gasteiger partial charge in [-0.3, -0.25) is 0 Å². The average Bonchev–Trinajstić information content (AvgIpc) is 2.73. The van der Waals surface area contributed by atoms with E-state index >= 15 is 0 Å². The van der Waals surface area contributed by atoms with Gasteiger partial charge < -0.3 is 15.2 Å². The molecule has 0 aromatic carbocycles. The Kier molecular flexibility index (Phi) is 6.27. The second-order valence-corrected chi connectivity index (χ2v) is 9.45. The molecule has 22 heavy (non-hydrogen) atoms. The fourth-order valence-corrected chi connectivity index (χ4v) is 4.98. The van der Waals surface area contributed by atoms with Crippen molar-refractivity contribution in [1.29, 1.82) is 0 Å². The van der Waals surface area contributed by atoms with Gasteiger partial charge in [0.2, 0.25) is 0 Å². The molecule has 0 radical (unpaired) electrons. The van der Waals surface area contributed by atoms with Gasteiger partial charge in [0.1, 0.15) is 5.60 Å². The molecular formula is C15H29NO5S. The highest BCUT2D eigenvalue weighted by molar-refractivity contribution is 7.91. The summed E-state index contributed by atoms with van der Waals surface area (Å²) >= 11 is 0. The van der Waals surface area contributed by atoms with Crippen molar-refractivity contribution in [3.8, 4) is 0 Å². The first-order chi connectivity index (χ1) is 10.0. The molecule has 130 valence electrons. The first-order valence-corrected chi connectivity index (χ1v) is 9.64. The number of aliphatic hydroxyl groups is 1. The van der Waals surface area contributed by atoms with E-state index < -0.39 is 26.9 Å². The summed E-state index contributed by atoms with van der Waals surface area (Å²) < 4.78 is 28.7. The number of rotatable bonds is 6. The van der Waals surface area contributed by atoms with Crippen molar-refractivity contribution in [2.45, 2.75) is 52.6 Å². The highest BCUT2D eigenvalue weighted by Crippen LogP contribution is 2.39. The van der Waals surface area contributed by atoms with Crippen LogP contribution in [0.2, 0.25) is 0 Å². The summed E-state index contributed by atoms with van der Waals surface area (Å²) in [5.74, 6) is 0.122. The van der Waals surface area contributed by atoms with E-state index in [2.05, 4.69) is 5.32 Å². The van der Waals surface area contributed by atoms with Crippen molar-refractivity contribution in [2.24, 2.45) is 11.3 Å². The van der Waals surface area contributed by atoms with Crippen LogP contribution in [-0.4, -0.2) is 49.9 Å². The number of sulfone groups is 1. The Morgan fingerprint density at radius 2 is 2.00 bits per heavy atom. The number of nitrogens with one attached hydrogen (secondary N) is 1. The third-order valence-electron chi connectivity index (χ3n) is 4.14. The summed E-state index contributed by atoms with van der Waals surface area (Å²) in [4.78, 5) is 11.8. The molecule has 1 rings (SSSR count). The number of carbonyl (C=O) groups is 1. The van der Waals surface area contributed by atoms with Gasteiger partial charge in [-0.1, -0.05) is 13.3 Å². The van der Waals surface area contributed by atoms with Crippen LogP contribution >= 0.6 is 0 Å². The molecule has 0 aromatic rings. The first kappa shape index (κ1) is 19.2. The molecule has 6 nitrogen and oxygen atoms in total. The van der Waals surface area contributed by atoms with Crippen LogP contribution in [0.3, 0.4) is 0 Å². The topological polar surface area (TPSA) is 92.7 Å². The maximum atomic E-state index is 11.8. The van der Waals surface area contributed by atoms with E-state index in [-0.39, 0.29) is 30.6 Å². The standard InChI is InChI=1S/C15H29NO5S/c1-5-7-15(11-17,12-6-8-22(19,20)9-12)10-16-13(18)21-14(2,3)4/h12,17H,5-11H2,1-4H3,(H,16,18). The van der Waals surface area contributed by atoms with Crippen LogP contribution in [0, 0.1) is 11.3 Å². The lowest BCUT2D eigenvalue weighted by Crippen LogP contribution is -2.46. The van der Waals surface area contributed by atoms with E-state index in [1.807, 2.05) is 6.92 Å². The quantitative estimate of drug-likeness (QED) is 0.771. The molecule has 1 amide bonds. The van der Waals surface area contributed by atoms with Crippen LogP contribution < -0.4 is 5.32 Å². The van der Waals surface area contributed by atoms with Gasteiger partial charge in [0, 0.05) is 12.0 Å². The van der Waals surface area contributed by atoms with Crippen LogP contribution in [0.1, 0.15) is 47.0 Å². The first-order valence-electron chi connectivity index (χ1n) is 7.82. The molecule has 1 fully saturated rings. The monoisotopic (exact) mass is 335 g/mol. The van der Waals surface area contributed by atoms with Crippen molar-refractivity contribution in [3.63, 3.8) is 0 Å². The Bertz CT molecular complexity index is 483. The maximum Gasteiger partial charge on any atom is 0.407 e. The Hall–Kier alpha value is -0.820. The Morgan fingerprint density at radius 3 is 2.41 bits per heavy atom. The van der Waals surface area contributed by atoms with Crippen molar-refractivity contribution in [3.05, 3.63) is 0 Å². The summed E-state index contributed by atoms with van der Waals surface area (Å²) in [6, 6.07) is 0. The SMILES string of the molecule is CCCC(CO)(CNC(=O)OC(C)(C)C)C1CCS(=O)(=O)C1. The summed E-state index contributed by atoms with van der Waals surface area (Å²) in [6.45, 7) is 7.41. The molecule has 2 unspecified atom stereocenters. The van der Waals surface area contributed by atoms with E-state index in [0.29, 0.717) is 12.8 Å². The van der Waals surface area contributed by atoms with Gasteiger partial charge in [-0.2, -0.15) is 0 Å². The molecule has 1 aliphatic rings. The highest BCUT2D eigenvalue weighted by atomic mass is 32.2. The number of amides is 1. The largest absolute Gasteiger partial charge is 0.444 e. The predicted molar refractivity (Wildman–Crippen MR) is 85.4 cm³/mol. The molecule has 1 heterocycles. The lowest BCUT2D eigenvalue weighted by atomic mass is 9.72. The van der Waals surface area contributed by atoms with Crippen LogP contribution in [0.15, 0.2) is 0 Å². The smallest absolute Gasteiger partial charge is 0.407 e. The summed E-state index contributed by atoms with van der Waals surface area (Å²) in [7, 11) is -3.03. The minimum Gasteiger partial charge on any atom is -0.444 e. The zero-order valence-corrected chi connectivity index (χ0v) is 14.8. The zero-order chi connectivity index (χ0) is 17.0. The molecule has 1 saturated heterocycles. The van der Waals surface area contributed by atoms with Crippen molar-refractivity contribution >= 4 is 15.9 Å². The van der Waals surface area contributed by atoms with Crippen molar-refractivity contribution < 1.29 is 23.1 Å². The van der Waals surface area contributed by atoms with Gasteiger partial charge >= 0.3 is 6.09 Å². The van der Waals surface area contributed by atoms with Crippen LogP contribution in [0.4, 0.5) is 4.79 Å². The Labute approximate surface area is 133 Å². The van der Waals surface area contributed by atoms with Gasteiger partial charge in [0.05, 0.1) is 18.1 Å². The molecule has 7 heteroatoms. The normalized spacial score (nSPS) is 23.8. The van der Waals surface area contributed by atoms with Crippen LogP contribution in [-0.2, 0) is 14.6 Å². The number of aliphatic hydroxyl groups excluding tert-OH is 1. The fraction of sp³-hybridized carbons (Fsp3) is 0.933. The molecule has 0 aliphatic carbocycles. The lowest BCUT2D eigenvalue weighted by Gasteiger charge is -2.37. The number of alkyl carbamates (subject to hydrolysis) is 1. The van der Waals surface area contributed by atoms with Gasteiger partial charge in [0.15, 0.2) is 9.84 Å². The van der Waals surface area contributed by atoms with E-state index in [0.717, 1.165) is 6.42 Å². The Morgan fingerprint density at radius 1 is 1.36 bits per heavy atom. The third kappa shape index (κ3) is 5.43. The highest BCUT2D eigenvalue weighted by Gasteiger charge is 2.44. The fourth-order valence-electron chi connectivity index (χ4n) is 3.04. The summed E-state index contributed by atoms with van der Waals surface area (Å²) in [5.41, 5.74) is -1.19. The van der Waals surface area contributed by atoms with E-state index in [1.165, 1.54) is 0 Å². The van der Waals surface area contributed by atoms with Crippen molar-refractivity contribution in [1.82, 2.24) is 5.32 Å². The maximum absolute atomic E-state index is 11.8. The van der Waals surface area contributed by atoms with E-state index in [1.54, 1.807) is 20.8 Å². The minimum atomic E-state index is -3.03. The van der Waals surface area contributed by atoms with Gasteiger partial charge in [0.25, 0.3) is 0 Å². The molecule has 1 aliphatic heterocycles. The van der Waals surface area contributed by atoms with Gasteiger partial charge in [-0.05, 0) is 39.5 Å². The molecule has 0 aromatic heterocycles. The molecule has 2 N–H and O–H groups in total. The van der Waals surface area contributed by atoms with Gasteiger partial charge in [-0.15, -0.1) is 0 Å². The molecule has 2 atom stereocenters. The molecule has 0 spiro atoms. The number of hydrogen-bond acceptors (Lipinski definition) is 5. The lowest BCUT2D eigenvalue weighted by molar-refractivity contribution is 0.0348. The second kappa shape index (κ2) is 7.17. The number of hydrogen-bond donors (Lipinski definition) is 2. The van der Waals surface area contributed by atoms with Gasteiger partial charge in [-0.25, -0.2) is 13.2 Å². The second-order valence-electron chi connectivity index (χ2n) is 7.23. The zero-order valence-electron chi connectivity index (χ0n) is 14.0. The molecule has 0 saturated carbocycles. The summed E-state index contributed by atoms with van der Waals surface area (Å²) in [5, 5.41) is 12.6. The minimum absolute atomic E-state index is 0.0869. The van der Waals surface area contributed by atoms with Crippen molar-refractivity contribution in [2.75, 3.05) is 24.7 Å². The average molecular weight is 335 g/mol. The van der Waals surface area contributed by atoms with E-state index in [9.17, 15) is 18.3 Å². The number of ether oxygens (including phenoxy) is 1. The van der Waals surface area contributed by atoms with Crippen LogP contribution in [0.5, 0.6) is 0 Å². The molecular weight excluding hydrogens is 306 g/mol. The third-order valence-corrected chi connectivity index (χ3v) is 5.91. The van der Waals surface area contributed by atoms with Crippen LogP contribution in [0.25, 0.3) is 0 Å². The van der Waals surface area contributed by atoms with E-state index in [4.69, 9.17) is 4.74 Å². The summed E-state index contributed by atoms with van der Waals surface area (Å²) in [6.07, 6.45) is 1.48.